The second-order valence-electron chi connectivity index (χ2n) is 5.39. The number of sulfonamides is 1. The van der Waals surface area contributed by atoms with Gasteiger partial charge in [0.05, 0.1) is 12.0 Å². The first kappa shape index (κ1) is 15.6. The van der Waals surface area contributed by atoms with Gasteiger partial charge < -0.3 is 9.32 Å². The molecule has 2 heterocycles. The van der Waals surface area contributed by atoms with Crippen LogP contribution < -0.4 is 9.62 Å². The van der Waals surface area contributed by atoms with Crippen LogP contribution in [0.25, 0.3) is 0 Å². The van der Waals surface area contributed by atoms with Crippen molar-refractivity contribution < 1.29 is 17.6 Å². The highest BCUT2D eigenvalue weighted by Crippen LogP contribution is 2.31. The molecular formula is C16H18N2O4S. The van der Waals surface area contributed by atoms with Crippen LogP contribution in [0.1, 0.15) is 29.5 Å². The van der Waals surface area contributed by atoms with Gasteiger partial charge in [0.25, 0.3) is 5.91 Å². The van der Waals surface area contributed by atoms with E-state index in [4.69, 9.17) is 4.42 Å². The zero-order valence-electron chi connectivity index (χ0n) is 12.8. The molecule has 0 bridgehead atoms. The third-order valence-electron chi connectivity index (χ3n) is 3.83. The van der Waals surface area contributed by atoms with Crippen molar-refractivity contribution in [2.24, 2.45) is 0 Å². The minimum absolute atomic E-state index is 0.0210. The average molecular weight is 334 g/mol. The molecule has 0 radical (unpaired) electrons. The van der Waals surface area contributed by atoms with E-state index in [1.165, 1.54) is 6.26 Å². The lowest BCUT2D eigenvalue weighted by molar-refractivity contribution is 0.0958. The predicted octanol–water partition coefficient (Wildman–Crippen LogP) is 2.63. The van der Waals surface area contributed by atoms with E-state index in [0.717, 1.165) is 24.1 Å². The number of amides is 1. The smallest absolute Gasteiger partial charge is 0.293 e. The van der Waals surface area contributed by atoms with E-state index >= 15 is 0 Å². The van der Waals surface area contributed by atoms with Crippen molar-refractivity contribution in [2.75, 3.05) is 21.9 Å². The predicted molar refractivity (Wildman–Crippen MR) is 88.2 cm³/mol. The molecule has 23 heavy (non-hydrogen) atoms. The summed E-state index contributed by atoms with van der Waals surface area (Å²) in [6.45, 7) is 2.21. The highest BCUT2D eigenvalue weighted by molar-refractivity contribution is 7.92. The number of furan rings is 1. The number of fused-ring (bicyclic) bond motifs is 1. The molecule has 1 aliphatic heterocycles. The van der Waals surface area contributed by atoms with E-state index in [1.54, 1.807) is 42.2 Å². The third kappa shape index (κ3) is 3.24. The van der Waals surface area contributed by atoms with Crippen molar-refractivity contribution in [1.29, 1.82) is 0 Å². The van der Waals surface area contributed by atoms with Crippen LogP contribution in [-0.2, 0) is 16.4 Å². The molecule has 1 amide bonds. The van der Waals surface area contributed by atoms with Crippen molar-refractivity contribution in [3.8, 4) is 0 Å². The van der Waals surface area contributed by atoms with Gasteiger partial charge in [-0.1, -0.05) is 0 Å². The lowest BCUT2D eigenvalue weighted by Gasteiger charge is -2.29. The summed E-state index contributed by atoms with van der Waals surface area (Å²) in [6.07, 6.45) is 3.10. The molecule has 1 N–H and O–H groups in total. The van der Waals surface area contributed by atoms with Crippen LogP contribution in [0.4, 0.5) is 11.4 Å². The van der Waals surface area contributed by atoms with Crippen molar-refractivity contribution in [3.63, 3.8) is 0 Å². The molecule has 6 nitrogen and oxygen atoms in total. The second-order valence-corrected chi connectivity index (χ2v) is 7.40. The summed E-state index contributed by atoms with van der Waals surface area (Å²) in [5, 5.41) is 0. The molecular weight excluding hydrogens is 316 g/mol. The first-order valence-corrected chi connectivity index (χ1v) is 9.14. The Morgan fingerprint density at radius 2 is 2.17 bits per heavy atom. The molecule has 1 aliphatic rings. The van der Waals surface area contributed by atoms with Gasteiger partial charge in [0, 0.05) is 17.9 Å². The first-order valence-electron chi connectivity index (χ1n) is 7.49. The number of carbonyl (C=O) groups is 1. The quantitative estimate of drug-likeness (QED) is 0.932. The number of nitrogens with zero attached hydrogens (tertiary/aromatic N) is 1. The Bertz CT molecular complexity index is 813. The van der Waals surface area contributed by atoms with E-state index in [1.807, 2.05) is 0 Å². The fourth-order valence-electron chi connectivity index (χ4n) is 2.66. The van der Waals surface area contributed by atoms with Crippen molar-refractivity contribution >= 4 is 27.3 Å². The van der Waals surface area contributed by atoms with E-state index in [-0.39, 0.29) is 11.7 Å². The molecule has 1 aromatic heterocycles. The summed E-state index contributed by atoms with van der Waals surface area (Å²) in [6, 6.07) is 8.58. The number of carbonyl (C=O) groups excluding carboxylic acids is 1. The molecule has 0 aliphatic carbocycles. The minimum atomic E-state index is -3.31. The van der Waals surface area contributed by atoms with Crippen molar-refractivity contribution in [1.82, 2.24) is 0 Å². The Labute approximate surface area is 135 Å². The molecule has 0 unspecified atom stereocenters. The highest BCUT2D eigenvalue weighted by atomic mass is 32.2. The molecule has 3 rings (SSSR count). The third-order valence-corrected chi connectivity index (χ3v) is 5.14. The van der Waals surface area contributed by atoms with Crippen LogP contribution in [0.15, 0.2) is 41.0 Å². The monoisotopic (exact) mass is 334 g/mol. The number of benzene rings is 1. The summed E-state index contributed by atoms with van der Waals surface area (Å²) in [5.74, 6) is 0.138. The van der Waals surface area contributed by atoms with Gasteiger partial charge in [-0.25, -0.2) is 8.42 Å². The normalized spacial score (nSPS) is 14.4. The number of aryl methyl sites for hydroxylation is 1. The van der Waals surface area contributed by atoms with Gasteiger partial charge >= 0.3 is 0 Å². The zero-order chi connectivity index (χ0) is 16.4. The summed E-state index contributed by atoms with van der Waals surface area (Å²) in [7, 11) is -3.31. The van der Waals surface area contributed by atoms with Gasteiger partial charge in [-0.05, 0) is 55.7 Å². The van der Waals surface area contributed by atoms with Crippen LogP contribution in [0.5, 0.6) is 0 Å². The van der Waals surface area contributed by atoms with Gasteiger partial charge in [0.2, 0.25) is 10.0 Å². The highest BCUT2D eigenvalue weighted by Gasteiger charge is 2.25. The van der Waals surface area contributed by atoms with Gasteiger partial charge in [-0.2, -0.15) is 0 Å². The summed E-state index contributed by atoms with van der Waals surface area (Å²) in [4.78, 5) is 14.2. The van der Waals surface area contributed by atoms with Gasteiger partial charge in [-0.3, -0.25) is 9.52 Å². The molecule has 1 aromatic carbocycles. The number of hydrogen-bond donors (Lipinski definition) is 1. The van der Waals surface area contributed by atoms with E-state index in [0.29, 0.717) is 18.0 Å². The number of hydrogen-bond acceptors (Lipinski definition) is 4. The van der Waals surface area contributed by atoms with Crippen molar-refractivity contribution in [3.05, 3.63) is 47.9 Å². The zero-order valence-corrected chi connectivity index (χ0v) is 13.6. The fourth-order valence-corrected chi connectivity index (χ4v) is 3.29. The fraction of sp³-hybridized carbons (Fsp3) is 0.312. The van der Waals surface area contributed by atoms with Gasteiger partial charge in [0.15, 0.2) is 5.76 Å². The topological polar surface area (TPSA) is 79.6 Å². The Balaban J connectivity index is 1.90. The summed E-state index contributed by atoms with van der Waals surface area (Å²) < 4.78 is 31.1. The lowest BCUT2D eigenvalue weighted by atomic mass is 10.0. The minimum Gasteiger partial charge on any atom is -0.459 e. The molecule has 0 saturated carbocycles. The second kappa shape index (κ2) is 6.08. The molecule has 122 valence electrons. The van der Waals surface area contributed by atoms with Gasteiger partial charge in [0.1, 0.15) is 0 Å². The van der Waals surface area contributed by atoms with Crippen molar-refractivity contribution in [2.45, 2.75) is 19.8 Å². The largest absolute Gasteiger partial charge is 0.459 e. The first-order chi connectivity index (χ1) is 11.0. The summed E-state index contributed by atoms with van der Waals surface area (Å²) >= 11 is 0. The molecule has 7 heteroatoms. The van der Waals surface area contributed by atoms with Crippen LogP contribution in [0.2, 0.25) is 0 Å². The van der Waals surface area contributed by atoms with Crippen LogP contribution in [0, 0.1) is 0 Å². The molecule has 0 fully saturated rings. The molecule has 0 atom stereocenters. The molecule has 2 aromatic rings. The van der Waals surface area contributed by atoms with Crippen LogP contribution in [-0.4, -0.2) is 26.6 Å². The van der Waals surface area contributed by atoms with E-state index in [2.05, 4.69) is 4.72 Å². The maximum Gasteiger partial charge on any atom is 0.293 e. The Hall–Kier alpha value is -2.28. The maximum absolute atomic E-state index is 12.5. The SMILES string of the molecule is CCS(=O)(=O)Nc1ccc2c(c1)CCCN2C(=O)c1ccco1. The van der Waals surface area contributed by atoms with E-state index < -0.39 is 10.0 Å². The van der Waals surface area contributed by atoms with Gasteiger partial charge in [-0.15, -0.1) is 0 Å². The Morgan fingerprint density at radius 3 is 2.87 bits per heavy atom. The number of anilines is 2. The standard InChI is InChI=1S/C16H18N2O4S/c1-2-23(20,21)17-13-7-8-14-12(11-13)5-3-9-18(14)16(19)15-6-4-10-22-15/h4,6-8,10-11,17H,2-3,5,9H2,1H3. The average Bonchev–Trinajstić information content (AvgIpc) is 3.07. The Kier molecular flexibility index (Phi) is 4.12. The van der Waals surface area contributed by atoms with Crippen LogP contribution in [0.3, 0.4) is 0 Å². The Morgan fingerprint density at radius 1 is 1.35 bits per heavy atom. The van der Waals surface area contributed by atoms with E-state index in [9.17, 15) is 13.2 Å². The molecule has 0 spiro atoms. The number of nitrogens with one attached hydrogen (secondary N) is 1. The lowest BCUT2D eigenvalue weighted by Crippen LogP contribution is -2.35. The molecule has 0 saturated heterocycles. The summed E-state index contributed by atoms with van der Waals surface area (Å²) in [5.41, 5.74) is 2.28. The van der Waals surface area contributed by atoms with Crippen LogP contribution >= 0.6 is 0 Å². The maximum atomic E-state index is 12.5. The number of rotatable bonds is 4.